The van der Waals surface area contributed by atoms with Gasteiger partial charge in [0, 0.05) is 6.54 Å². The van der Waals surface area contributed by atoms with Crippen molar-refractivity contribution in [3.05, 3.63) is 81.9 Å². The molecule has 0 aliphatic carbocycles. The Balaban J connectivity index is 1.65. The fraction of sp³-hybridized carbons (Fsp3) is 0.250. The fourth-order valence-corrected chi connectivity index (χ4v) is 3.69. The maximum Gasteiger partial charge on any atom is 0.278 e. The molecule has 4 aromatic rings. The van der Waals surface area contributed by atoms with Crippen LogP contribution in [0.15, 0.2) is 59.4 Å². The summed E-state index contributed by atoms with van der Waals surface area (Å²) in [5.74, 6) is 0.420. The summed E-state index contributed by atoms with van der Waals surface area (Å²) in [6.07, 6.45) is 0. The van der Waals surface area contributed by atoms with Gasteiger partial charge in [-0.2, -0.15) is 10.2 Å². The van der Waals surface area contributed by atoms with E-state index >= 15 is 0 Å². The van der Waals surface area contributed by atoms with Gasteiger partial charge in [0.25, 0.3) is 5.56 Å². The van der Waals surface area contributed by atoms with Gasteiger partial charge < -0.3 is 10.1 Å². The second-order valence-corrected chi connectivity index (χ2v) is 7.64. The number of rotatable bonds is 6. The van der Waals surface area contributed by atoms with Gasteiger partial charge in [0.2, 0.25) is 5.91 Å². The van der Waals surface area contributed by atoms with Gasteiger partial charge in [-0.25, -0.2) is 9.36 Å². The smallest absolute Gasteiger partial charge is 0.278 e. The zero-order valence-corrected chi connectivity index (χ0v) is 18.5. The van der Waals surface area contributed by atoms with Crippen molar-refractivity contribution in [1.82, 2.24) is 24.9 Å². The van der Waals surface area contributed by atoms with E-state index in [-0.39, 0.29) is 11.5 Å². The molecular weight excluding hydrogens is 406 g/mol. The number of aromatic nitrogens is 4. The standard InChI is InChI=1S/C24H25N5O3/c1-15-22-21(16(2)28(27-22)19-10-6-5-7-11-19)24(31)29(26-15)17(3)23(30)25-14-18-9-8-12-20(13-18)32-4/h5-13,17H,14H2,1-4H3,(H,25,30)/t17-/m1/s1. The van der Waals surface area contributed by atoms with E-state index < -0.39 is 6.04 Å². The third kappa shape index (κ3) is 3.87. The molecule has 0 aliphatic rings. The molecular formula is C24H25N5O3. The number of para-hydroxylation sites is 1. The molecule has 2 heterocycles. The molecule has 0 saturated carbocycles. The highest BCUT2D eigenvalue weighted by atomic mass is 16.5. The normalized spacial score (nSPS) is 12.0. The number of nitrogens with zero attached hydrogens (tertiary/aromatic N) is 4. The summed E-state index contributed by atoms with van der Waals surface area (Å²) in [6.45, 7) is 5.63. The summed E-state index contributed by atoms with van der Waals surface area (Å²) in [7, 11) is 1.60. The topological polar surface area (TPSA) is 91.0 Å². The molecule has 2 aromatic carbocycles. The Labute approximate surface area is 185 Å². The third-order valence-electron chi connectivity index (χ3n) is 5.49. The van der Waals surface area contributed by atoms with Gasteiger partial charge in [0.15, 0.2) is 0 Å². The molecule has 0 fully saturated rings. The molecule has 0 saturated heterocycles. The predicted molar refractivity (Wildman–Crippen MR) is 122 cm³/mol. The first kappa shape index (κ1) is 21.3. The SMILES string of the molecule is COc1cccc(CNC(=O)[C@@H](C)n2nc(C)c3nn(-c4ccccc4)c(C)c3c2=O)c1. The largest absolute Gasteiger partial charge is 0.497 e. The van der Waals surface area contributed by atoms with E-state index in [1.165, 1.54) is 4.68 Å². The number of carbonyl (C=O) groups is 1. The highest BCUT2D eigenvalue weighted by Crippen LogP contribution is 2.20. The van der Waals surface area contributed by atoms with Crippen LogP contribution in [0.5, 0.6) is 5.75 Å². The second-order valence-electron chi connectivity index (χ2n) is 7.64. The molecule has 0 spiro atoms. The maximum absolute atomic E-state index is 13.3. The van der Waals surface area contributed by atoms with E-state index in [1.807, 2.05) is 61.5 Å². The number of benzene rings is 2. The van der Waals surface area contributed by atoms with Crippen LogP contribution in [0.2, 0.25) is 0 Å². The molecule has 0 radical (unpaired) electrons. The lowest BCUT2D eigenvalue weighted by molar-refractivity contribution is -0.124. The van der Waals surface area contributed by atoms with Gasteiger partial charge in [0.05, 0.1) is 29.6 Å². The summed E-state index contributed by atoms with van der Waals surface area (Å²) in [5.41, 5.74) is 3.25. The van der Waals surface area contributed by atoms with E-state index in [1.54, 1.807) is 25.6 Å². The molecule has 1 atom stereocenters. The lowest BCUT2D eigenvalue weighted by Gasteiger charge is -2.15. The average molecular weight is 431 g/mol. The van der Waals surface area contributed by atoms with Crippen LogP contribution in [0.1, 0.15) is 29.9 Å². The highest BCUT2D eigenvalue weighted by Gasteiger charge is 2.23. The average Bonchev–Trinajstić information content (AvgIpc) is 3.18. The molecule has 8 nitrogen and oxygen atoms in total. The summed E-state index contributed by atoms with van der Waals surface area (Å²) in [5, 5.41) is 12.3. The molecule has 0 unspecified atom stereocenters. The van der Waals surface area contributed by atoms with Gasteiger partial charge in [-0.05, 0) is 50.6 Å². The summed E-state index contributed by atoms with van der Waals surface area (Å²) >= 11 is 0. The van der Waals surface area contributed by atoms with Gasteiger partial charge in [-0.1, -0.05) is 30.3 Å². The van der Waals surface area contributed by atoms with E-state index in [0.717, 1.165) is 17.0 Å². The number of amides is 1. The van der Waals surface area contributed by atoms with Crippen LogP contribution in [0.25, 0.3) is 16.6 Å². The number of methoxy groups -OCH3 is 1. The van der Waals surface area contributed by atoms with Crippen molar-refractivity contribution in [3.63, 3.8) is 0 Å². The number of nitrogens with one attached hydrogen (secondary N) is 1. The number of hydrogen-bond donors (Lipinski definition) is 1. The van der Waals surface area contributed by atoms with Crippen molar-refractivity contribution < 1.29 is 9.53 Å². The van der Waals surface area contributed by atoms with Gasteiger partial charge in [-0.3, -0.25) is 9.59 Å². The van der Waals surface area contributed by atoms with Crippen molar-refractivity contribution in [2.24, 2.45) is 0 Å². The number of fused-ring (bicyclic) bond motifs is 1. The monoisotopic (exact) mass is 431 g/mol. The molecule has 8 heteroatoms. The van der Waals surface area contributed by atoms with E-state index in [4.69, 9.17) is 4.74 Å². The van der Waals surface area contributed by atoms with Crippen molar-refractivity contribution in [1.29, 1.82) is 0 Å². The summed E-state index contributed by atoms with van der Waals surface area (Å²) < 4.78 is 8.19. The van der Waals surface area contributed by atoms with Crippen molar-refractivity contribution in [3.8, 4) is 11.4 Å². The number of carbonyl (C=O) groups excluding carboxylic acids is 1. The second kappa shape index (κ2) is 8.66. The zero-order chi connectivity index (χ0) is 22.8. The van der Waals surface area contributed by atoms with E-state index in [2.05, 4.69) is 15.5 Å². The predicted octanol–water partition coefficient (Wildman–Crippen LogP) is 3.09. The van der Waals surface area contributed by atoms with Crippen LogP contribution in [0, 0.1) is 13.8 Å². The minimum Gasteiger partial charge on any atom is -0.497 e. The first-order valence-corrected chi connectivity index (χ1v) is 10.4. The Morgan fingerprint density at radius 3 is 2.56 bits per heavy atom. The minimum atomic E-state index is -0.782. The molecule has 4 rings (SSSR count). The summed E-state index contributed by atoms with van der Waals surface area (Å²) in [6, 6.07) is 16.3. The Bertz CT molecular complexity index is 1340. The lowest BCUT2D eigenvalue weighted by Crippen LogP contribution is -2.37. The van der Waals surface area contributed by atoms with Crippen LogP contribution in [0.3, 0.4) is 0 Å². The van der Waals surface area contributed by atoms with Gasteiger partial charge in [-0.15, -0.1) is 0 Å². The van der Waals surface area contributed by atoms with Crippen molar-refractivity contribution in [2.75, 3.05) is 7.11 Å². The molecule has 164 valence electrons. The van der Waals surface area contributed by atoms with Crippen LogP contribution in [-0.4, -0.2) is 32.6 Å². The highest BCUT2D eigenvalue weighted by molar-refractivity contribution is 5.84. The lowest BCUT2D eigenvalue weighted by atomic mass is 10.2. The molecule has 32 heavy (non-hydrogen) atoms. The van der Waals surface area contributed by atoms with Gasteiger partial charge in [0.1, 0.15) is 17.3 Å². The molecule has 0 aliphatic heterocycles. The van der Waals surface area contributed by atoms with E-state index in [9.17, 15) is 9.59 Å². The Morgan fingerprint density at radius 2 is 1.84 bits per heavy atom. The quantitative estimate of drug-likeness (QED) is 0.507. The van der Waals surface area contributed by atoms with Crippen LogP contribution < -0.4 is 15.6 Å². The number of aryl methyl sites for hydroxylation is 2. The number of hydrogen-bond acceptors (Lipinski definition) is 5. The first-order valence-electron chi connectivity index (χ1n) is 10.4. The fourth-order valence-electron chi connectivity index (χ4n) is 3.69. The van der Waals surface area contributed by atoms with Gasteiger partial charge >= 0.3 is 0 Å². The van der Waals surface area contributed by atoms with Crippen LogP contribution in [-0.2, 0) is 11.3 Å². The van der Waals surface area contributed by atoms with Crippen molar-refractivity contribution in [2.45, 2.75) is 33.4 Å². The molecule has 1 amide bonds. The number of ether oxygens (including phenoxy) is 1. The minimum absolute atomic E-state index is 0.297. The maximum atomic E-state index is 13.3. The van der Waals surface area contributed by atoms with Crippen LogP contribution >= 0.6 is 0 Å². The Hall–Kier alpha value is -3.94. The molecule has 0 bridgehead atoms. The third-order valence-corrected chi connectivity index (χ3v) is 5.49. The van der Waals surface area contributed by atoms with Crippen LogP contribution in [0.4, 0.5) is 0 Å². The molecule has 2 aromatic heterocycles. The molecule has 1 N–H and O–H groups in total. The van der Waals surface area contributed by atoms with Crippen molar-refractivity contribution >= 4 is 16.8 Å². The summed E-state index contributed by atoms with van der Waals surface area (Å²) in [4.78, 5) is 26.1. The Morgan fingerprint density at radius 1 is 1.09 bits per heavy atom. The van der Waals surface area contributed by atoms with E-state index in [0.29, 0.717) is 28.8 Å². The first-order chi connectivity index (χ1) is 15.4. The zero-order valence-electron chi connectivity index (χ0n) is 18.5. The Kier molecular flexibility index (Phi) is 5.77.